The molecule has 0 aliphatic heterocycles. The number of carbonyl (C=O) groups excluding carboxylic acids is 1. The Morgan fingerprint density at radius 1 is 0.968 bits per heavy atom. The standard InChI is InChI=1S/C20H26FN3O6S/c1-23(2)31(26,27)24(16-9-7-15(21)8-10-16)13-18(25)22-12-14-6-11-17(28-3)20(30-5)19(14)29-4/h6-11H,12-13H2,1-5H3,(H,22,25). The minimum atomic E-state index is -3.99. The van der Waals surface area contributed by atoms with E-state index in [4.69, 9.17) is 14.2 Å². The molecule has 9 nitrogen and oxygen atoms in total. The highest BCUT2D eigenvalue weighted by molar-refractivity contribution is 7.90. The summed E-state index contributed by atoms with van der Waals surface area (Å²) in [4.78, 5) is 12.6. The number of carbonyl (C=O) groups is 1. The first-order valence-electron chi connectivity index (χ1n) is 9.16. The predicted octanol–water partition coefficient (Wildman–Crippen LogP) is 1.78. The Balaban J connectivity index is 2.23. The van der Waals surface area contributed by atoms with Crippen LogP contribution in [0.2, 0.25) is 0 Å². The first-order chi connectivity index (χ1) is 14.6. The molecule has 0 heterocycles. The molecule has 0 fully saturated rings. The van der Waals surface area contributed by atoms with Crippen LogP contribution in [0.3, 0.4) is 0 Å². The van der Waals surface area contributed by atoms with Crippen LogP contribution in [0.4, 0.5) is 10.1 Å². The zero-order valence-corrected chi connectivity index (χ0v) is 18.8. The zero-order chi connectivity index (χ0) is 23.2. The topological polar surface area (TPSA) is 97.4 Å². The van der Waals surface area contributed by atoms with Crippen LogP contribution in [0.1, 0.15) is 5.56 Å². The summed E-state index contributed by atoms with van der Waals surface area (Å²) in [6, 6.07) is 8.21. The first-order valence-corrected chi connectivity index (χ1v) is 10.6. The van der Waals surface area contributed by atoms with Gasteiger partial charge in [0.05, 0.1) is 27.0 Å². The van der Waals surface area contributed by atoms with Crippen LogP contribution in [0.25, 0.3) is 0 Å². The lowest BCUT2D eigenvalue weighted by atomic mass is 10.1. The number of nitrogens with one attached hydrogen (secondary N) is 1. The fraction of sp³-hybridized carbons (Fsp3) is 0.350. The molecule has 0 aliphatic carbocycles. The maximum absolute atomic E-state index is 13.3. The van der Waals surface area contributed by atoms with Crippen LogP contribution < -0.4 is 23.8 Å². The third-order valence-electron chi connectivity index (χ3n) is 4.40. The van der Waals surface area contributed by atoms with E-state index in [-0.39, 0.29) is 12.2 Å². The Labute approximate surface area is 181 Å². The molecule has 0 radical (unpaired) electrons. The van der Waals surface area contributed by atoms with Crippen molar-refractivity contribution in [3.05, 3.63) is 47.8 Å². The first kappa shape index (κ1) is 24.2. The highest BCUT2D eigenvalue weighted by atomic mass is 32.2. The van der Waals surface area contributed by atoms with E-state index >= 15 is 0 Å². The van der Waals surface area contributed by atoms with Crippen molar-refractivity contribution in [1.82, 2.24) is 9.62 Å². The van der Waals surface area contributed by atoms with Crippen LogP contribution in [0.15, 0.2) is 36.4 Å². The Morgan fingerprint density at radius 2 is 1.58 bits per heavy atom. The molecule has 2 aromatic rings. The normalized spacial score (nSPS) is 11.2. The van der Waals surface area contributed by atoms with Crippen LogP contribution in [0.5, 0.6) is 17.2 Å². The van der Waals surface area contributed by atoms with Gasteiger partial charge in [-0.15, -0.1) is 0 Å². The molecule has 0 spiro atoms. The van der Waals surface area contributed by atoms with Gasteiger partial charge in [0, 0.05) is 26.2 Å². The van der Waals surface area contributed by atoms with E-state index < -0.39 is 28.5 Å². The SMILES string of the molecule is COc1ccc(CNC(=O)CN(c2ccc(F)cc2)S(=O)(=O)N(C)C)c(OC)c1OC. The fourth-order valence-electron chi connectivity index (χ4n) is 2.79. The molecule has 0 atom stereocenters. The third kappa shape index (κ3) is 5.56. The van der Waals surface area contributed by atoms with E-state index in [1.165, 1.54) is 47.6 Å². The molecule has 11 heteroatoms. The molecular formula is C20H26FN3O6S. The second-order valence-corrected chi connectivity index (χ2v) is 8.61. The Morgan fingerprint density at radius 3 is 2.10 bits per heavy atom. The molecular weight excluding hydrogens is 429 g/mol. The molecule has 0 aliphatic rings. The maximum Gasteiger partial charge on any atom is 0.304 e. The summed E-state index contributed by atoms with van der Waals surface area (Å²) in [5.74, 6) is 0.148. The molecule has 2 aromatic carbocycles. The average molecular weight is 456 g/mol. The van der Waals surface area contributed by atoms with Crippen molar-refractivity contribution in [2.75, 3.05) is 46.3 Å². The van der Waals surface area contributed by atoms with Crippen LogP contribution >= 0.6 is 0 Å². The second kappa shape index (κ2) is 10.3. The van der Waals surface area contributed by atoms with Gasteiger partial charge in [0.1, 0.15) is 12.4 Å². The molecule has 1 amide bonds. The second-order valence-electron chi connectivity index (χ2n) is 6.54. The highest BCUT2D eigenvalue weighted by Gasteiger charge is 2.27. The minimum absolute atomic E-state index is 0.0572. The molecule has 0 bridgehead atoms. The van der Waals surface area contributed by atoms with E-state index in [1.807, 2.05) is 0 Å². The van der Waals surface area contributed by atoms with E-state index in [9.17, 15) is 17.6 Å². The number of hydrogen-bond donors (Lipinski definition) is 1. The number of nitrogens with zero attached hydrogens (tertiary/aromatic N) is 2. The van der Waals surface area contributed by atoms with E-state index in [0.29, 0.717) is 22.8 Å². The van der Waals surface area contributed by atoms with Gasteiger partial charge in [-0.2, -0.15) is 12.7 Å². The van der Waals surface area contributed by atoms with Crippen molar-refractivity contribution in [2.24, 2.45) is 0 Å². The quantitative estimate of drug-likeness (QED) is 0.587. The third-order valence-corrected chi connectivity index (χ3v) is 6.22. The number of halogens is 1. The van der Waals surface area contributed by atoms with Crippen LogP contribution in [0, 0.1) is 5.82 Å². The van der Waals surface area contributed by atoms with Gasteiger partial charge in [-0.05, 0) is 36.4 Å². The number of methoxy groups -OCH3 is 3. The Kier molecular flexibility index (Phi) is 8.06. The summed E-state index contributed by atoms with van der Waals surface area (Å²) in [7, 11) is 3.12. The molecule has 0 saturated carbocycles. The van der Waals surface area contributed by atoms with E-state index in [2.05, 4.69) is 5.32 Å². The zero-order valence-electron chi connectivity index (χ0n) is 18.0. The van der Waals surface area contributed by atoms with Gasteiger partial charge in [-0.25, -0.2) is 8.70 Å². The van der Waals surface area contributed by atoms with Gasteiger partial charge in [-0.1, -0.05) is 0 Å². The summed E-state index contributed by atoms with van der Waals surface area (Å²) in [6.45, 7) is -0.441. The summed E-state index contributed by atoms with van der Waals surface area (Å²) in [5, 5.41) is 2.67. The van der Waals surface area contributed by atoms with Gasteiger partial charge in [-0.3, -0.25) is 4.79 Å². The average Bonchev–Trinajstić information content (AvgIpc) is 2.75. The molecule has 31 heavy (non-hydrogen) atoms. The lowest BCUT2D eigenvalue weighted by molar-refractivity contribution is -0.119. The lowest BCUT2D eigenvalue weighted by Gasteiger charge is -2.27. The highest BCUT2D eigenvalue weighted by Crippen LogP contribution is 2.39. The number of anilines is 1. The summed E-state index contributed by atoms with van der Waals surface area (Å²) >= 11 is 0. The van der Waals surface area contributed by atoms with Crippen molar-refractivity contribution in [2.45, 2.75) is 6.54 Å². The van der Waals surface area contributed by atoms with Crippen molar-refractivity contribution in [1.29, 1.82) is 0 Å². The molecule has 0 unspecified atom stereocenters. The number of rotatable bonds is 10. The summed E-state index contributed by atoms with van der Waals surface area (Å²) in [6.07, 6.45) is 0. The number of amides is 1. The smallest absolute Gasteiger partial charge is 0.304 e. The Hall–Kier alpha value is -3.05. The largest absolute Gasteiger partial charge is 0.493 e. The number of benzene rings is 2. The Bertz CT molecular complexity index is 1010. The van der Waals surface area contributed by atoms with Crippen molar-refractivity contribution < 1.29 is 31.8 Å². The van der Waals surface area contributed by atoms with Crippen molar-refractivity contribution >= 4 is 21.8 Å². The van der Waals surface area contributed by atoms with Crippen LogP contribution in [-0.4, -0.2) is 60.6 Å². The van der Waals surface area contributed by atoms with Gasteiger partial charge >= 0.3 is 10.2 Å². The molecule has 0 saturated heterocycles. The number of ether oxygens (including phenoxy) is 3. The molecule has 170 valence electrons. The summed E-state index contributed by atoms with van der Waals surface area (Å²) in [5.41, 5.74) is 0.770. The molecule has 1 N–H and O–H groups in total. The van der Waals surface area contributed by atoms with Gasteiger partial charge < -0.3 is 19.5 Å². The van der Waals surface area contributed by atoms with E-state index in [0.717, 1.165) is 20.7 Å². The molecule has 2 rings (SSSR count). The summed E-state index contributed by atoms with van der Waals surface area (Å²) < 4.78 is 56.5. The van der Waals surface area contributed by atoms with Crippen molar-refractivity contribution in [3.63, 3.8) is 0 Å². The predicted molar refractivity (Wildman–Crippen MR) is 114 cm³/mol. The van der Waals surface area contributed by atoms with Crippen molar-refractivity contribution in [3.8, 4) is 17.2 Å². The lowest BCUT2D eigenvalue weighted by Crippen LogP contribution is -2.45. The fourth-order valence-corrected chi connectivity index (χ4v) is 3.86. The monoisotopic (exact) mass is 455 g/mol. The van der Waals surface area contributed by atoms with E-state index in [1.54, 1.807) is 12.1 Å². The van der Waals surface area contributed by atoms with Gasteiger partial charge in [0.2, 0.25) is 11.7 Å². The number of hydrogen-bond acceptors (Lipinski definition) is 6. The minimum Gasteiger partial charge on any atom is -0.493 e. The maximum atomic E-state index is 13.3. The van der Waals surface area contributed by atoms with Crippen LogP contribution in [-0.2, 0) is 21.5 Å². The van der Waals surface area contributed by atoms with Gasteiger partial charge in [0.15, 0.2) is 11.5 Å². The molecule has 0 aromatic heterocycles. The van der Waals surface area contributed by atoms with Gasteiger partial charge in [0.25, 0.3) is 0 Å².